The number of hydrogen-bond acceptors (Lipinski definition) is 5. The third-order valence-corrected chi connectivity index (χ3v) is 4.28. The number of nitro benzene ring substituents is 1. The van der Waals surface area contributed by atoms with E-state index in [0.29, 0.717) is 12.5 Å². The van der Waals surface area contributed by atoms with E-state index >= 15 is 0 Å². The van der Waals surface area contributed by atoms with Gasteiger partial charge in [-0.15, -0.1) is 0 Å². The Labute approximate surface area is 124 Å². The van der Waals surface area contributed by atoms with Gasteiger partial charge in [-0.25, -0.2) is 0 Å². The molecule has 1 fully saturated rings. The predicted octanol–water partition coefficient (Wildman–Crippen LogP) is 2.23. The van der Waals surface area contributed by atoms with E-state index < -0.39 is 0 Å². The second-order valence-corrected chi connectivity index (χ2v) is 5.70. The van der Waals surface area contributed by atoms with Gasteiger partial charge in [0.05, 0.1) is 11.0 Å². The molecule has 1 aromatic carbocycles. The normalized spacial score (nSPS) is 18.4. The fourth-order valence-electron chi connectivity index (χ4n) is 2.90. The van der Waals surface area contributed by atoms with Crippen LogP contribution in [0.2, 0.25) is 0 Å². The van der Waals surface area contributed by atoms with Gasteiger partial charge < -0.3 is 10.4 Å². The van der Waals surface area contributed by atoms with Crippen molar-refractivity contribution < 1.29 is 10.0 Å². The van der Waals surface area contributed by atoms with Crippen LogP contribution >= 0.6 is 0 Å². The predicted molar refractivity (Wildman–Crippen MR) is 82.3 cm³/mol. The number of likely N-dealkylation sites (tertiary alicyclic amines) is 1. The quantitative estimate of drug-likeness (QED) is 0.643. The number of non-ortho nitro benzene ring substituents is 1. The van der Waals surface area contributed by atoms with Crippen LogP contribution in [-0.2, 0) is 6.54 Å². The standard InChI is InChI=1S/C15H23N3O3/c1-11(19)12-5-7-17(8-6-12)10-13-9-14(18(20)21)3-4-15(13)16-2/h3-4,9,11-12,16,19H,5-8,10H2,1-2H3. The van der Waals surface area contributed by atoms with Crippen LogP contribution in [0.1, 0.15) is 25.3 Å². The molecule has 0 saturated carbocycles. The highest BCUT2D eigenvalue weighted by atomic mass is 16.6. The van der Waals surface area contributed by atoms with Crippen molar-refractivity contribution in [1.82, 2.24) is 4.90 Å². The number of hydrogen-bond donors (Lipinski definition) is 2. The zero-order valence-corrected chi connectivity index (χ0v) is 12.6. The average Bonchev–Trinajstić information content (AvgIpc) is 2.47. The van der Waals surface area contributed by atoms with Gasteiger partial charge in [-0.3, -0.25) is 15.0 Å². The van der Waals surface area contributed by atoms with Crippen LogP contribution in [0.5, 0.6) is 0 Å². The lowest BCUT2D eigenvalue weighted by atomic mass is 9.92. The van der Waals surface area contributed by atoms with Crippen LogP contribution in [0.4, 0.5) is 11.4 Å². The lowest BCUT2D eigenvalue weighted by molar-refractivity contribution is -0.384. The Hall–Kier alpha value is -1.66. The maximum atomic E-state index is 10.9. The molecule has 1 heterocycles. The Morgan fingerprint density at radius 1 is 1.48 bits per heavy atom. The highest BCUT2D eigenvalue weighted by Gasteiger charge is 2.23. The summed E-state index contributed by atoms with van der Waals surface area (Å²) >= 11 is 0. The molecule has 2 rings (SSSR count). The molecule has 6 nitrogen and oxygen atoms in total. The van der Waals surface area contributed by atoms with Crippen LogP contribution in [0.25, 0.3) is 0 Å². The summed E-state index contributed by atoms with van der Waals surface area (Å²) in [5.74, 6) is 0.370. The molecular weight excluding hydrogens is 270 g/mol. The van der Waals surface area contributed by atoms with Crippen molar-refractivity contribution in [2.75, 3.05) is 25.5 Å². The number of benzene rings is 1. The second kappa shape index (κ2) is 6.87. The van der Waals surface area contributed by atoms with Crippen molar-refractivity contribution in [3.8, 4) is 0 Å². The number of aliphatic hydroxyl groups excluding tert-OH is 1. The molecule has 0 spiro atoms. The molecule has 116 valence electrons. The van der Waals surface area contributed by atoms with E-state index in [1.54, 1.807) is 12.1 Å². The molecule has 0 aliphatic carbocycles. The first-order valence-electron chi connectivity index (χ1n) is 7.36. The minimum atomic E-state index is -0.359. The second-order valence-electron chi connectivity index (χ2n) is 5.70. The van der Waals surface area contributed by atoms with E-state index in [-0.39, 0.29) is 16.7 Å². The van der Waals surface area contributed by atoms with Gasteiger partial charge in [-0.2, -0.15) is 0 Å². The SMILES string of the molecule is CNc1ccc([N+](=O)[O-])cc1CN1CCC(C(C)O)CC1. The molecule has 6 heteroatoms. The molecule has 0 bridgehead atoms. The van der Waals surface area contributed by atoms with Crippen molar-refractivity contribution in [3.63, 3.8) is 0 Å². The topological polar surface area (TPSA) is 78.6 Å². The third-order valence-electron chi connectivity index (χ3n) is 4.28. The van der Waals surface area contributed by atoms with Gasteiger partial charge in [0, 0.05) is 31.4 Å². The first-order valence-corrected chi connectivity index (χ1v) is 7.36. The highest BCUT2D eigenvalue weighted by Crippen LogP contribution is 2.26. The van der Waals surface area contributed by atoms with Crippen molar-refractivity contribution in [3.05, 3.63) is 33.9 Å². The average molecular weight is 293 g/mol. The van der Waals surface area contributed by atoms with Crippen LogP contribution in [-0.4, -0.2) is 41.2 Å². The number of nitrogens with one attached hydrogen (secondary N) is 1. The van der Waals surface area contributed by atoms with Gasteiger partial charge in [-0.05, 0) is 50.4 Å². The molecule has 0 aromatic heterocycles. The summed E-state index contributed by atoms with van der Waals surface area (Å²) in [6.45, 7) is 4.38. The minimum absolute atomic E-state index is 0.128. The zero-order chi connectivity index (χ0) is 15.4. The number of nitro groups is 1. The first kappa shape index (κ1) is 15.7. The van der Waals surface area contributed by atoms with Crippen molar-refractivity contribution in [1.29, 1.82) is 0 Å². The Morgan fingerprint density at radius 3 is 2.67 bits per heavy atom. The van der Waals surface area contributed by atoms with Gasteiger partial charge in [0.1, 0.15) is 0 Å². The summed E-state index contributed by atoms with van der Waals surface area (Å²) in [5, 5.41) is 23.6. The van der Waals surface area contributed by atoms with Crippen LogP contribution in [0.3, 0.4) is 0 Å². The molecule has 0 amide bonds. The summed E-state index contributed by atoms with van der Waals surface area (Å²) < 4.78 is 0. The largest absolute Gasteiger partial charge is 0.393 e. The smallest absolute Gasteiger partial charge is 0.269 e. The fourth-order valence-corrected chi connectivity index (χ4v) is 2.90. The molecule has 2 N–H and O–H groups in total. The van der Waals surface area contributed by atoms with Crippen LogP contribution in [0, 0.1) is 16.0 Å². The fraction of sp³-hybridized carbons (Fsp3) is 0.600. The summed E-state index contributed by atoms with van der Waals surface area (Å²) in [4.78, 5) is 12.8. The number of rotatable bonds is 5. The minimum Gasteiger partial charge on any atom is -0.393 e. The number of nitrogens with zero attached hydrogens (tertiary/aromatic N) is 2. The van der Waals surface area contributed by atoms with E-state index in [1.165, 1.54) is 6.07 Å². The summed E-state index contributed by atoms with van der Waals surface area (Å²) in [6, 6.07) is 4.93. The highest BCUT2D eigenvalue weighted by molar-refractivity contribution is 5.55. The molecule has 1 atom stereocenters. The maximum Gasteiger partial charge on any atom is 0.269 e. The van der Waals surface area contributed by atoms with Gasteiger partial charge in [0.25, 0.3) is 5.69 Å². The van der Waals surface area contributed by atoms with E-state index in [9.17, 15) is 15.2 Å². The maximum absolute atomic E-state index is 10.9. The molecule has 1 saturated heterocycles. The lowest BCUT2D eigenvalue weighted by Crippen LogP contribution is -2.36. The van der Waals surface area contributed by atoms with Gasteiger partial charge in [-0.1, -0.05) is 0 Å². The Balaban J connectivity index is 2.05. The molecule has 1 aromatic rings. The monoisotopic (exact) mass is 293 g/mol. The first-order chi connectivity index (χ1) is 10.0. The molecule has 21 heavy (non-hydrogen) atoms. The number of piperidine rings is 1. The Kier molecular flexibility index (Phi) is 5.14. The lowest BCUT2D eigenvalue weighted by Gasteiger charge is -2.33. The summed E-state index contributed by atoms with van der Waals surface area (Å²) in [7, 11) is 1.82. The third kappa shape index (κ3) is 3.92. The van der Waals surface area contributed by atoms with Crippen LogP contribution < -0.4 is 5.32 Å². The van der Waals surface area contributed by atoms with Crippen molar-refractivity contribution >= 4 is 11.4 Å². The van der Waals surface area contributed by atoms with E-state index in [4.69, 9.17) is 0 Å². The number of aliphatic hydroxyl groups is 1. The molecular formula is C15H23N3O3. The van der Waals surface area contributed by atoms with E-state index in [0.717, 1.165) is 37.2 Å². The Morgan fingerprint density at radius 2 is 2.14 bits per heavy atom. The molecule has 1 unspecified atom stereocenters. The van der Waals surface area contributed by atoms with Crippen LogP contribution in [0.15, 0.2) is 18.2 Å². The van der Waals surface area contributed by atoms with E-state index in [1.807, 2.05) is 14.0 Å². The van der Waals surface area contributed by atoms with Gasteiger partial charge in [0.15, 0.2) is 0 Å². The van der Waals surface area contributed by atoms with Gasteiger partial charge in [0.2, 0.25) is 0 Å². The molecule has 1 aliphatic rings. The summed E-state index contributed by atoms with van der Waals surface area (Å²) in [5.41, 5.74) is 2.00. The molecule has 0 radical (unpaired) electrons. The number of anilines is 1. The zero-order valence-electron chi connectivity index (χ0n) is 12.6. The van der Waals surface area contributed by atoms with Gasteiger partial charge >= 0.3 is 0 Å². The Bertz CT molecular complexity index is 497. The van der Waals surface area contributed by atoms with Crippen molar-refractivity contribution in [2.45, 2.75) is 32.4 Å². The molecule has 1 aliphatic heterocycles. The summed E-state index contributed by atoms with van der Waals surface area (Å²) in [6.07, 6.45) is 1.70. The van der Waals surface area contributed by atoms with Crippen molar-refractivity contribution in [2.24, 2.45) is 5.92 Å². The van der Waals surface area contributed by atoms with E-state index in [2.05, 4.69) is 10.2 Å².